The van der Waals surface area contributed by atoms with Gasteiger partial charge < -0.3 is 4.90 Å². The molecule has 0 saturated carbocycles. The standard InChI is InChI=1S/C21H28N2O3S/c1-17(2)22(16-19-10-6-5-7-11-19)21(24)13-14-23(27(4,25)26)20-12-8-9-18(3)15-20/h5-12,15,17H,13-14,16H2,1-4H3. The van der Waals surface area contributed by atoms with E-state index in [9.17, 15) is 13.2 Å². The van der Waals surface area contributed by atoms with E-state index >= 15 is 0 Å². The molecule has 0 aliphatic carbocycles. The van der Waals surface area contributed by atoms with Gasteiger partial charge in [-0.25, -0.2) is 8.42 Å². The van der Waals surface area contributed by atoms with Crippen LogP contribution in [0.2, 0.25) is 0 Å². The summed E-state index contributed by atoms with van der Waals surface area (Å²) in [4.78, 5) is 14.6. The Morgan fingerprint density at radius 2 is 1.70 bits per heavy atom. The van der Waals surface area contributed by atoms with Gasteiger partial charge in [0.15, 0.2) is 0 Å². The Hall–Kier alpha value is -2.34. The summed E-state index contributed by atoms with van der Waals surface area (Å²) in [6, 6.07) is 17.1. The molecule has 1 amide bonds. The highest BCUT2D eigenvalue weighted by molar-refractivity contribution is 7.92. The van der Waals surface area contributed by atoms with E-state index < -0.39 is 10.0 Å². The lowest BCUT2D eigenvalue weighted by Gasteiger charge is -2.29. The summed E-state index contributed by atoms with van der Waals surface area (Å²) in [7, 11) is -3.47. The minimum absolute atomic E-state index is 0.0309. The average Bonchev–Trinajstić information content (AvgIpc) is 2.59. The molecule has 0 fully saturated rings. The Morgan fingerprint density at radius 1 is 1.04 bits per heavy atom. The topological polar surface area (TPSA) is 57.7 Å². The van der Waals surface area contributed by atoms with Gasteiger partial charge in [0, 0.05) is 25.6 Å². The SMILES string of the molecule is Cc1cccc(N(CCC(=O)N(Cc2ccccc2)C(C)C)S(C)(=O)=O)c1. The number of aryl methyl sites for hydroxylation is 1. The zero-order valence-electron chi connectivity index (χ0n) is 16.4. The van der Waals surface area contributed by atoms with Gasteiger partial charge in [-0.1, -0.05) is 42.5 Å². The molecule has 2 aromatic rings. The molecule has 0 N–H and O–H groups in total. The van der Waals surface area contributed by atoms with Crippen molar-refractivity contribution in [3.63, 3.8) is 0 Å². The van der Waals surface area contributed by atoms with E-state index in [0.717, 1.165) is 11.1 Å². The molecule has 0 radical (unpaired) electrons. The maximum Gasteiger partial charge on any atom is 0.232 e. The summed E-state index contributed by atoms with van der Waals surface area (Å²) in [6.45, 7) is 6.49. The van der Waals surface area contributed by atoms with Crippen LogP contribution in [0, 0.1) is 6.92 Å². The van der Waals surface area contributed by atoms with E-state index in [4.69, 9.17) is 0 Å². The molecule has 0 bridgehead atoms. The minimum Gasteiger partial charge on any atom is -0.336 e. The predicted octanol–water partition coefficient (Wildman–Crippen LogP) is 3.59. The van der Waals surface area contributed by atoms with Crippen molar-refractivity contribution in [1.29, 1.82) is 0 Å². The fourth-order valence-electron chi connectivity index (χ4n) is 2.95. The van der Waals surface area contributed by atoms with Crippen molar-refractivity contribution in [3.05, 3.63) is 65.7 Å². The highest BCUT2D eigenvalue weighted by Gasteiger charge is 2.22. The predicted molar refractivity (Wildman–Crippen MR) is 110 cm³/mol. The first kappa shape index (κ1) is 21.0. The molecular formula is C21H28N2O3S. The number of anilines is 1. The fourth-order valence-corrected chi connectivity index (χ4v) is 3.87. The Labute approximate surface area is 162 Å². The monoisotopic (exact) mass is 388 g/mol. The van der Waals surface area contributed by atoms with Crippen LogP contribution >= 0.6 is 0 Å². The lowest BCUT2D eigenvalue weighted by Crippen LogP contribution is -2.39. The number of carbonyl (C=O) groups excluding carboxylic acids is 1. The lowest BCUT2D eigenvalue weighted by molar-refractivity contribution is -0.133. The molecule has 0 aliphatic rings. The summed E-state index contributed by atoms with van der Waals surface area (Å²) >= 11 is 0. The van der Waals surface area contributed by atoms with Crippen molar-refractivity contribution in [1.82, 2.24) is 4.90 Å². The van der Waals surface area contributed by atoms with Crippen LogP contribution in [0.15, 0.2) is 54.6 Å². The summed E-state index contributed by atoms with van der Waals surface area (Å²) in [6.07, 6.45) is 1.30. The number of carbonyl (C=O) groups is 1. The highest BCUT2D eigenvalue weighted by Crippen LogP contribution is 2.20. The van der Waals surface area contributed by atoms with Crippen LogP contribution in [0.25, 0.3) is 0 Å². The summed E-state index contributed by atoms with van der Waals surface area (Å²) in [5.74, 6) is -0.0600. The van der Waals surface area contributed by atoms with Crippen LogP contribution in [-0.4, -0.2) is 38.1 Å². The zero-order chi connectivity index (χ0) is 20.0. The van der Waals surface area contributed by atoms with Gasteiger partial charge in [0.2, 0.25) is 15.9 Å². The van der Waals surface area contributed by atoms with Gasteiger partial charge in [-0.2, -0.15) is 0 Å². The smallest absolute Gasteiger partial charge is 0.232 e. The van der Waals surface area contributed by atoms with Gasteiger partial charge in [-0.15, -0.1) is 0 Å². The number of amides is 1. The zero-order valence-corrected chi connectivity index (χ0v) is 17.2. The molecule has 0 spiro atoms. The number of hydrogen-bond acceptors (Lipinski definition) is 3. The number of rotatable bonds is 8. The van der Waals surface area contributed by atoms with E-state index in [-0.39, 0.29) is 24.9 Å². The molecule has 6 heteroatoms. The van der Waals surface area contributed by atoms with Gasteiger partial charge in [0.1, 0.15) is 0 Å². The second-order valence-electron chi connectivity index (χ2n) is 7.03. The minimum atomic E-state index is -3.47. The molecule has 0 aromatic heterocycles. The normalized spacial score (nSPS) is 11.4. The lowest BCUT2D eigenvalue weighted by atomic mass is 10.1. The maximum atomic E-state index is 12.8. The van der Waals surface area contributed by atoms with Gasteiger partial charge in [0.05, 0.1) is 11.9 Å². The van der Waals surface area contributed by atoms with E-state index in [1.54, 1.807) is 11.0 Å². The molecule has 0 heterocycles. The summed E-state index contributed by atoms with van der Waals surface area (Å²) in [5, 5.41) is 0. The second-order valence-corrected chi connectivity index (χ2v) is 8.93. The number of nitrogens with zero attached hydrogens (tertiary/aromatic N) is 2. The quantitative estimate of drug-likeness (QED) is 0.694. The molecular weight excluding hydrogens is 360 g/mol. The Balaban J connectivity index is 2.13. The number of sulfonamides is 1. The van der Waals surface area contributed by atoms with E-state index in [1.807, 2.05) is 69.3 Å². The molecule has 146 valence electrons. The van der Waals surface area contributed by atoms with Crippen LogP contribution < -0.4 is 4.31 Å². The molecule has 2 rings (SSSR count). The number of benzene rings is 2. The summed E-state index contributed by atoms with van der Waals surface area (Å²) < 4.78 is 25.8. The number of hydrogen-bond donors (Lipinski definition) is 0. The first-order chi connectivity index (χ1) is 12.7. The van der Waals surface area contributed by atoms with Gasteiger partial charge >= 0.3 is 0 Å². The van der Waals surface area contributed by atoms with E-state index in [0.29, 0.717) is 12.2 Å². The first-order valence-electron chi connectivity index (χ1n) is 9.06. The molecule has 2 aromatic carbocycles. The van der Waals surface area contributed by atoms with Crippen LogP contribution in [-0.2, 0) is 21.4 Å². The van der Waals surface area contributed by atoms with Crippen LogP contribution in [0.4, 0.5) is 5.69 Å². The molecule has 0 unspecified atom stereocenters. The third-order valence-corrected chi connectivity index (χ3v) is 5.55. The van der Waals surface area contributed by atoms with Crippen LogP contribution in [0.5, 0.6) is 0 Å². The molecule has 27 heavy (non-hydrogen) atoms. The highest BCUT2D eigenvalue weighted by atomic mass is 32.2. The van der Waals surface area contributed by atoms with Crippen LogP contribution in [0.1, 0.15) is 31.4 Å². The van der Waals surface area contributed by atoms with Gasteiger partial charge in [0.25, 0.3) is 0 Å². The van der Waals surface area contributed by atoms with Gasteiger partial charge in [-0.05, 0) is 44.0 Å². The van der Waals surface area contributed by atoms with E-state index in [2.05, 4.69) is 0 Å². The van der Waals surface area contributed by atoms with E-state index in [1.165, 1.54) is 10.6 Å². The van der Waals surface area contributed by atoms with Crippen LogP contribution in [0.3, 0.4) is 0 Å². The van der Waals surface area contributed by atoms with Crippen molar-refractivity contribution in [2.75, 3.05) is 17.1 Å². The van der Waals surface area contributed by atoms with Crippen molar-refractivity contribution >= 4 is 21.6 Å². The van der Waals surface area contributed by atoms with Crippen molar-refractivity contribution in [2.24, 2.45) is 0 Å². The summed E-state index contributed by atoms with van der Waals surface area (Å²) in [5.41, 5.74) is 2.61. The Kier molecular flexibility index (Phi) is 7.02. The molecule has 0 saturated heterocycles. The Bertz CT molecular complexity index is 864. The molecule has 5 nitrogen and oxygen atoms in total. The fraction of sp³-hybridized carbons (Fsp3) is 0.381. The Morgan fingerprint density at radius 3 is 2.26 bits per heavy atom. The third-order valence-electron chi connectivity index (χ3n) is 4.36. The molecule has 0 aliphatic heterocycles. The van der Waals surface area contributed by atoms with Crippen molar-refractivity contribution < 1.29 is 13.2 Å². The van der Waals surface area contributed by atoms with Crippen molar-refractivity contribution in [3.8, 4) is 0 Å². The second kappa shape index (κ2) is 9.04. The third kappa shape index (κ3) is 6.10. The maximum absolute atomic E-state index is 12.8. The van der Waals surface area contributed by atoms with Crippen molar-refractivity contribution in [2.45, 2.75) is 39.8 Å². The average molecular weight is 389 g/mol. The molecule has 0 atom stereocenters. The van der Waals surface area contributed by atoms with Gasteiger partial charge in [-0.3, -0.25) is 9.10 Å². The largest absolute Gasteiger partial charge is 0.336 e. The first-order valence-corrected chi connectivity index (χ1v) is 10.9.